The number of hydrogen-bond acceptors (Lipinski definition) is 5. The summed E-state index contributed by atoms with van der Waals surface area (Å²) in [5.41, 5.74) is -0.0583. The highest BCUT2D eigenvalue weighted by Gasteiger charge is 2.28. The summed E-state index contributed by atoms with van der Waals surface area (Å²) in [5.74, 6) is -0.0862. The van der Waals surface area contributed by atoms with Gasteiger partial charge in [-0.3, -0.25) is 4.79 Å². The van der Waals surface area contributed by atoms with Gasteiger partial charge in [-0.05, 0) is 55.2 Å². The Morgan fingerprint density at radius 3 is 2.43 bits per heavy atom. The summed E-state index contributed by atoms with van der Waals surface area (Å²) in [6, 6.07) is 14.4. The van der Waals surface area contributed by atoms with Crippen molar-refractivity contribution in [3.63, 3.8) is 0 Å². The molecule has 2 aromatic carbocycles. The Morgan fingerprint density at radius 2 is 1.73 bits per heavy atom. The summed E-state index contributed by atoms with van der Waals surface area (Å²) < 4.78 is 32.3. The Hall–Kier alpha value is -2.97. The van der Waals surface area contributed by atoms with Gasteiger partial charge >= 0.3 is 5.63 Å². The zero-order valence-corrected chi connectivity index (χ0v) is 17.3. The smallest absolute Gasteiger partial charge is 0.349 e. The number of nitrogens with zero attached hydrogens (tertiary/aromatic N) is 1. The number of amides is 1. The number of hydrogen-bond donors (Lipinski definition) is 1. The van der Waals surface area contributed by atoms with Gasteiger partial charge < -0.3 is 9.73 Å². The highest BCUT2D eigenvalue weighted by atomic mass is 32.2. The molecule has 0 aliphatic carbocycles. The fourth-order valence-corrected chi connectivity index (χ4v) is 4.97. The van der Waals surface area contributed by atoms with E-state index in [-0.39, 0.29) is 10.5 Å². The fraction of sp³-hybridized carbons (Fsp3) is 0.273. The van der Waals surface area contributed by atoms with Gasteiger partial charge in [-0.2, -0.15) is 4.31 Å². The largest absolute Gasteiger partial charge is 0.422 e. The SMILES string of the molecule is CC1CCN(S(=O)(=O)c2ccc(NC(=O)c3cc4ccccc4oc3=O)cc2)CC1. The van der Waals surface area contributed by atoms with Crippen LogP contribution in [0.3, 0.4) is 0 Å². The fourth-order valence-electron chi connectivity index (χ4n) is 3.50. The van der Waals surface area contributed by atoms with E-state index in [4.69, 9.17) is 4.42 Å². The summed E-state index contributed by atoms with van der Waals surface area (Å²) in [4.78, 5) is 24.9. The van der Waals surface area contributed by atoms with Crippen LogP contribution in [0.15, 0.2) is 68.7 Å². The zero-order chi connectivity index (χ0) is 21.3. The molecule has 1 amide bonds. The number of carbonyl (C=O) groups is 1. The second-order valence-corrected chi connectivity index (χ2v) is 9.49. The molecule has 0 radical (unpaired) electrons. The molecule has 8 heteroatoms. The Morgan fingerprint density at radius 1 is 1.07 bits per heavy atom. The van der Waals surface area contributed by atoms with E-state index in [0.717, 1.165) is 12.8 Å². The first-order valence-electron chi connectivity index (χ1n) is 9.79. The Bertz CT molecular complexity index is 1240. The van der Waals surface area contributed by atoms with Gasteiger partial charge in [0.1, 0.15) is 11.1 Å². The zero-order valence-electron chi connectivity index (χ0n) is 16.5. The molecule has 30 heavy (non-hydrogen) atoms. The minimum atomic E-state index is -3.56. The lowest BCUT2D eigenvalue weighted by molar-refractivity contribution is 0.102. The van der Waals surface area contributed by atoms with Crippen molar-refractivity contribution in [2.75, 3.05) is 18.4 Å². The third-order valence-corrected chi connectivity index (χ3v) is 7.29. The molecule has 156 valence electrons. The molecule has 0 saturated carbocycles. The van der Waals surface area contributed by atoms with Crippen LogP contribution in [0.25, 0.3) is 11.0 Å². The summed E-state index contributed by atoms with van der Waals surface area (Å²) in [5, 5.41) is 3.26. The van der Waals surface area contributed by atoms with E-state index in [1.807, 2.05) is 0 Å². The van der Waals surface area contributed by atoms with Gasteiger partial charge in [0.2, 0.25) is 10.0 Å². The first kappa shape index (κ1) is 20.3. The first-order chi connectivity index (χ1) is 14.3. The van der Waals surface area contributed by atoms with Crippen molar-refractivity contribution in [2.24, 2.45) is 5.92 Å². The predicted octanol–water partition coefficient (Wildman–Crippen LogP) is 3.47. The van der Waals surface area contributed by atoms with Crippen molar-refractivity contribution in [3.8, 4) is 0 Å². The maximum absolute atomic E-state index is 12.8. The Kier molecular flexibility index (Phi) is 5.44. The summed E-state index contributed by atoms with van der Waals surface area (Å²) >= 11 is 0. The van der Waals surface area contributed by atoms with E-state index in [9.17, 15) is 18.0 Å². The summed E-state index contributed by atoms with van der Waals surface area (Å²) in [6.07, 6.45) is 1.70. The van der Waals surface area contributed by atoms with E-state index in [2.05, 4.69) is 12.2 Å². The van der Waals surface area contributed by atoms with Crippen LogP contribution in [0.1, 0.15) is 30.1 Å². The van der Waals surface area contributed by atoms with Crippen LogP contribution in [0.4, 0.5) is 5.69 Å². The van der Waals surface area contributed by atoms with Gasteiger partial charge in [0.25, 0.3) is 5.91 Å². The monoisotopic (exact) mass is 426 g/mol. The molecule has 0 spiro atoms. The van der Waals surface area contributed by atoms with Gasteiger partial charge in [0.15, 0.2) is 0 Å². The van der Waals surface area contributed by atoms with Crippen molar-refractivity contribution in [2.45, 2.75) is 24.7 Å². The predicted molar refractivity (Wildman–Crippen MR) is 114 cm³/mol. The summed E-state index contributed by atoms with van der Waals surface area (Å²) in [6.45, 7) is 3.15. The molecule has 4 rings (SSSR count). The minimum absolute atomic E-state index is 0.118. The molecular formula is C22H22N2O5S. The maximum atomic E-state index is 12.8. The molecule has 1 saturated heterocycles. The van der Waals surface area contributed by atoms with Crippen LogP contribution in [0.2, 0.25) is 0 Å². The van der Waals surface area contributed by atoms with Gasteiger partial charge in [-0.1, -0.05) is 25.1 Å². The van der Waals surface area contributed by atoms with Gasteiger partial charge in [0, 0.05) is 24.2 Å². The third kappa shape index (κ3) is 4.01. The molecule has 1 N–H and O–H groups in total. The van der Waals surface area contributed by atoms with Crippen molar-refractivity contribution < 1.29 is 17.6 Å². The molecule has 7 nitrogen and oxygen atoms in total. The molecule has 1 fully saturated rings. The van der Waals surface area contributed by atoms with Gasteiger partial charge in [0.05, 0.1) is 4.90 Å². The average Bonchev–Trinajstić information content (AvgIpc) is 2.74. The van der Waals surface area contributed by atoms with E-state index < -0.39 is 21.6 Å². The lowest BCUT2D eigenvalue weighted by Gasteiger charge is -2.29. The highest BCUT2D eigenvalue weighted by molar-refractivity contribution is 7.89. The van der Waals surface area contributed by atoms with E-state index in [0.29, 0.717) is 35.7 Å². The highest BCUT2D eigenvalue weighted by Crippen LogP contribution is 2.24. The van der Waals surface area contributed by atoms with Crippen molar-refractivity contribution in [3.05, 3.63) is 70.6 Å². The second-order valence-electron chi connectivity index (χ2n) is 7.55. The molecule has 0 unspecified atom stereocenters. The normalized spacial score (nSPS) is 15.9. The molecule has 0 bridgehead atoms. The van der Waals surface area contributed by atoms with Crippen LogP contribution in [-0.2, 0) is 10.0 Å². The number of fused-ring (bicyclic) bond motifs is 1. The number of piperidine rings is 1. The first-order valence-corrected chi connectivity index (χ1v) is 11.2. The molecule has 1 aliphatic rings. The van der Waals surface area contributed by atoms with Crippen LogP contribution in [0, 0.1) is 5.92 Å². The second kappa shape index (κ2) is 8.04. The lowest BCUT2D eigenvalue weighted by Crippen LogP contribution is -2.37. The molecule has 0 atom stereocenters. The molecule has 3 aromatic rings. The summed E-state index contributed by atoms with van der Waals surface area (Å²) in [7, 11) is -3.56. The molecular weight excluding hydrogens is 404 g/mol. The van der Waals surface area contributed by atoms with E-state index >= 15 is 0 Å². The molecule has 2 heterocycles. The van der Waals surface area contributed by atoms with Crippen LogP contribution >= 0.6 is 0 Å². The van der Waals surface area contributed by atoms with E-state index in [1.54, 1.807) is 24.3 Å². The lowest BCUT2D eigenvalue weighted by atomic mass is 10.0. The number of para-hydroxylation sites is 1. The maximum Gasteiger partial charge on any atom is 0.349 e. The van der Waals surface area contributed by atoms with Crippen molar-refractivity contribution >= 4 is 32.6 Å². The minimum Gasteiger partial charge on any atom is -0.422 e. The van der Waals surface area contributed by atoms with Crippen molar-refractivity contribution in [1.29, 1.82) is 0 Å². The van der Waals surface area contributed by atoms with Gasteiger partial charge in [-0.15, -0.1) is 0 Å². The Labute approximate surface area is 174 Å². The molecule has 1 aliphatic heterocycles. The molecule has 1 aromatic heterocycles. The number of anilines is 1. The Balaban J connectivity index is 1.52. The number of benzene rings is 2. The standard InChI is InChI=1S/C22H22N2O5S/c1-15-10-12-24(13-11-15)30(27,28)18-8-6-17(7-9-18)23-21(25)19-14-16-4-2-3-5-20(16)29-22(19)26/h2-9,14-15H,10-13H2,1H3,(H,23,25). The number of sulfonamides is 1. The van der Waals surface area contributed by atoms with Gasteiger partial charge in [-0.25, -0.2) is 13.2 Å². The van der Waals surface area contributed by atoms with E-state index in [1.165, 1.54) is 34.6 Å². The average molecular weight is 426 g/mol. The van der Waals surface area contributed by atoms with Crippen LogP contribution in [0.5, 0.6) is 0 Å². The van der Waals surface area contributed by atoms with Crippen LogP contribution in [-0.4, -0.2) is 31.7 Å². The quantitative estimate of drug-likeness (QED) is 0.645. The van der Waals surface area contributed by atoms with Crippen LogP contribution < -0.4 is 10.9 Å². The number of nitrogens with one attached hydrogen (secondary N) is 1. The number of carbonyl (C=O) groups excluding carboxylic acids is 1. The van der Waals surface area contributed by atoms with Crippen molar-refractivity contribution in [1.82, 2.24) is 4.31 Å². The third-order valence-electron chi connectivity index (χ3n) is 5.38. The number of rotatable bonds is 4. The topological polar surface area (TPSA) is 96.7 Å².